The van der Waals surface area contributed by atoms with Gasteiger partial charge >= 0.3 is 0 Å². The standard InChI is InChI=1S/C10H20F2N2/c1-9(2,3)14-13-8-4-6-10(11,12)7-5-8/h8,13-14H,4-7H2,1-3H3. The molecule has 1 aliphatic rings. The van der Waals surface area contributed by atoms with Gasteiger partial charge in [-0.25, -0.2) is 8.78 Å². The molecule has 0 saturated heterocycles. The van der Waals surface area contributed by atoms with Crippen molar-refractivity contribution in [2.24, 2.45) is 0 Å². The Morgan fingerprint density at radius 3 is 2.07 bits per heavy atom. The molecule has 84 valence electrons. The normalized spacial score (nSPS) is 23.8. The molecule has 1 aliphatic carbocycles. The Morgan fingerprint density at radius 2 is 1.64 bits per heavy atom. The highest BCUT2D eigenvalue weighted by atomic mass is 19.3. The molecule has 0 spiro atoms. The van der Waals surface area contributed by atoms with E-state index in [1.165, 1.54) is 0 Å². The second-order valence-corrected chi connectivity index (χ2v) is 5.15. The van der Waals surface area contributed by atoms with Crippen LogP contribution in [0.4, 0.5) is 8.78 Å². The fourth-order valence-electron chi connectivity index (χ4n) is 1.50. The zero-order valence-electron chi connectivity index (χ0n) is 9.16. The van der Waals surface area contributed by atoms with Crippen LogP contribution in [0.15, 0.2) is 0 Å². The highest BCUT2D eigenvalue weighted by Gasteiger charge is 2.34. The van der Waals surface area contributed by atoms with Gasteiger partial charge in [0.15, 0.2) is 0 Å². The molecule has 0 bridgehead atoms. The van der Waals surface area contributed by atoms with Crippen molar-refractivity contribution >= 4 is 0 Å². The lowest BCUT2D eigenvalue weighted by molar-refractivity contribution is -0.0420. The van der Waals surface area contributed by atoms with Gasteiger partial charge in [-0.3, -0.25) is 10.9 Å². The lowest BCUT2D eigenvalue weighted by Gasteiger charge is -2.32. The van der Waals surface area contributed by atoms with E-state index in [9.17, 15) is 8.78 Å². The lowest BCUT2D eigenvalue weighted by Crippen LogP contribution is -2.52. The van der Waals surface area contributed by atoms with Gasteiger partial charge in [-0.2, -0.15) is 0 Å². The first-order chi connectivity index (χ1) is 6.29. The summed E-state index contributed by atoms with van der Waals surface area (Å²) in [5.74, 6) is -2.43. The third-order valence-corrected chi connectivity index (χ3v) is 2.37. The molecule has 1 rings (SSSR count). The first-order valence-electron chi connectivity index (χ1n) is 5.19. The summed E-state index contributed by atoms with van der Waals surface area (Å²) < 4.78 is 25.6. The highest BCUT2D eigenvalue weighted by Crippen LogP contribution is 2.32. The molecule has 0 amide bonds. The molecule has 0 aromatic rings. The molecule has 4 heteroatoms. The minimum absolute atomic E-state index is 0.0104. The van der Waals surface area contributed by atoms with Crippen molar-refractivity contribution in [2.45, 2.75) is 64.0 Å². The van der Waals surface area contributed by atoms with E-state index in [-0.39, 0.29) is 24.4 Å². The average molecular weight is 206 g/mol. The summed E-state index contributed by atoms with van der Waals surface area (Å²) in [6.07, 6.45) is 1.12. The Bertz CT molecular complexity index is 177. The molecule has 0 aliphatic heterocycles. The van der Waals surface area contributed by atoms with Crippen molar-refractivity contribution in [1.82, 2.24) is 10.9 Å². The Labute approximate surface area is 84.4 Å². The number of halogens is 2. The van der Waals surface area contributed by atoms with E-state index >= 15 is 0 Å². The topological polar surface area (TPSA) is 24.1 Å². The van der Waals surface area contributed by atoms with E-state index in [1.54, 1.807) is 0 Å². The number of hydrogen-bond donors (Lipinski definition) is 2. The Kier molecular flexibility index (Phi) is 3.48. The van der Waals surface area contributed by atoms with Crippen LogP contribution < -0.4 is 10.9 Å². The van der Waals surface area contributed by atoms with Crippen LogP contribution >= 0.6 is 0 Å². The summed E-state index contributed by atoms with van der Waals surface area (Å²) in [6, 6.07) is 0.189. The van der Waals surface area contributed by atoms with E-state index in [1.807, 2.05) is 20.8 Å². The van der Waals surface area contributed by atoms with Gasteiger partial charge in [0.25, 0.3) is 0 Å². The van der Waals surface area contributed by atoms with Gasteiger partial charge in [0, 0.05) is 24.4 Å². The maximum absolute atomic E-state index is 12.8. The molecule has 0 radical (unpaired) electrons. The zero-order chi connectivity index (χ0) is 10.8. The predicted molar refractivity (Wildman–Crippen MR) is 53.2 cm³/mol. The van der Waals surface area contributed by atoms with Gasteiger partial charge in [0.1, 0.15) is 0 Å². The van der Waals surface area contributed by atoms with Crippen molar-refractivity contribution in [3.8, 4) is 0 Å². The zero-order valence-corrected chi connectivity index (χ0v) is 9.16. The van der Waals surface area contributed by atoms with E-state index in [0.717, 1.165) is 0 Å². The minimum Gasteiger partial charge on any atom is -0.254 e. The van der Waals surface area contributed by atoms with Crippen LogP contribution in [-0.2, 0) is 0 Å². The summed E-state index contributed by atoms with van der Waals surface area (Å²) in [7, 11) is 0. The van der Waals surface area contributed by atoms with E-state index in [0.29, 0.717) is 12.8 Å². The minimum atomic E-state index is -2.43. The third kappa shape index (κ3) is 4.33. The smallest absolute Gasteiger partial charge is 0.248 e. The van der Waals surface area contributed by atoms with Gasteiger partial charge < -0.3 is 0 Å². The third-order valence-electron chi connectivity index (χ3n) is 2.37. The Balaban J connectivity index is 2.23. The van der Waals surface area contributed by atoms with Crippen molar-refractivity contribution in [3.05, 3.63) is 0 Å². The second-order valence-electron chi connectivity index (χ2n) is 5.15. The first-order valence-corrected chi connectivity index (χ1v) is 5.19. The molecule has 0 unspecified atom stereocenters. The molecule has 2 N–H and O–H groups in total. The molecule has 0 atom stereocenters. The van der Waals surface area contributed by atoms with Crippen molar-refractivity contribution in [1.29, 1.82) is 0 Å². The van der Waals surface area contributed by atoms with E-state index in [4.69, 9.17) is 0 Å². The number of hydrazine groups is 1. The summed E-state index contributed by atoms with van der Waals surface area (Å²) >= 11 is 0. The van der Waals surface area contributed by atoms with Gasteiger partial charge in [0.2, 0.25) is 5.92 Å². The lowest BCUT2D eigenvalue weighted by atomic mass is 9.93. The van der Waals surface area contributed by atoms with Crippen LogP contribution in [-0.4, -0.2) is 17.5 Å². The Hall–Kier alpha value is -0.220. The Morgan fingerprint density at radius 1 is 1.14 bits per heavy atom. The number of alkyl halides is 2. The highest BCUT2D eigenvalue weighted by molar-refractivity contribution is 4.81. The maximum atomic E-state index is 12.8. The average Bonchev–Trinajstić information content (AvgIpc) is 2.01. The van der Waals surface area contributed by atoms with Crippen LogP contribution in [0, 0.1) is 0 Å². The summed E-state index contributed by atoms with van der Waals surface area (Å²) in [4.78, 5) is 0. The second kappa shape index (κ2) is 4.11. The van der Waals surface area contributed by atoms with Crippen LogP contribution in [0.25, 0.3) is 0 Å². The summed E-state index contributed by atoms with van der Waals surface area (Å²) in [5, 5.41) is 0. The number of nitrogens with one attached hydrogen (secondary N) is 2. The molecule has 2 nitrogen and oxygen atoms in total. The van der Waals surface area contributed by atoms with Gasteiger partial charge in [0.05, 0.1) is 0 Å². The SMILES string of the molecule is CC(C)(C)NNC1CCC(F)(F)CC1. The van der Waals surface area contributed by atoms with Crippen molar-refractivity contribution in [2.75, 3.05) is 0 Å². The van der Waals surface area contributed by atoms with E-state index < -0.39 is 5.92 Å². The largest absolute Gasteiger partial charge is 0.254 e. The maximum Gasteiger partial charge on any atom is 0.248 e. The van der Waals surface area contributed by atoms with Gasteiger partial charge in [-0.15, -0.1) is 0 Å². The molecule has 0 heterocycles. The van der Waals surface area contributed by atoms with Crippen molar-refractivity contribution < 1.29 is 8.78 Å². The summed E-state index contributed by atoms with van der Waals surface area (Å²) in [5.41, 5.74) is 6.23. The van der Waals surface area contributed by atoms with Gasteiger partial charge in [-0.05, 0) is 33.6 Å². The van der Waals surface area contributed by atoms with Crippen LogP contribution in [0.1, 0.15) is 46.5 Å². The molecule has 1 fully saturated rings. The van der Waals surface area contributed by atoms with Gasteiger partial charge in [-0.1, -0.05) is 0 Å². The monoisotopic (exact) mass is 206 g/mol. The quantitative estimate of drug-likeness (QED) is 0.678. The molecule has 14 heavy (non-hydrogen) atoms. The first kappa shape index (κ1) is 11.9. The van der Waals surface area contributed by atoms with E-state index in [2.05, 4.69) is 10.9 Å². The fraction of sp³-hybridized carbons (Fsp3) is 1.00. The van der Waals surface area contributed by atoms with Crippen LogP contribution in [0.2, 0.25) is 0 Å². The molecular weight excluding hydrogens is 186 g/mol. The molecule has 0 aromatic heterocycles. The predicted octanol–water partition coefficient (Wildman–Crippen LogP) is 2.46. The summed E-state index contributed by atoms with van der Waals surface area (Å²) in [6.45, 7) is 6.12. The van der Waals surface area contributed by atoms with Crippen LogP contribution in [0.5, 0.6) is 0 Å². The van der Waals surface area contributed by atoms with Crippen molar-refractivity contribution in [3.63, 3.8) is 0 Å². The van der Waals surface area contributed by atoms with Crippen LogP contribution in [0.3, 0.4) is 0 Å². The molecule has 1 saturated carbocycles. The fourth-order valence-corrected chi connectivity index (χ4v) is 1.50. The number of hydrogen-bond acceptors (Lipinski definition) is 2. The number of rotatable bonds is 2. The molecular formula is C10H20F2N2. The molecule has 0 aromatic carbocycles.